The maximum atomic E-state index is 12.4. The molecule has 2 N–H and O–H groups in total. The number of carbonyl (C=O) groups is 1. The van der Waals surface area contributed by atoms with Crippen molar-refractivity contribution in [2.45, 2.75) is 19.4 Å². The second-order valence-corrected chi connectivity index (χ2v) is 5.57. The van der Waals surface area contributed by atoms with Crippen LogP contribution in [0.5, 0.6) is 0 Å². The van der Waals surface area contributed by atoms with E-state index >= 15 is 0 Å². The molecule has 0 saturated carbocycles. The van der Waals surface area contributed by atoms with Crippen LogP contribution < -0.4 is 10.6 Å². The average Bonchev–Trinajstić information content (AvgIpc) is 3.04. The standard InChI is InChI=1S/C16H20N4O.2ClH/c1-12-10-17-6-5-15(12)19-16(21)13-3-2-4-14(9-13)20-8-7-18-11-20;;/h2-4,7-9,11-12,15,17H,5-6,10H2,1H3,(H,19,21);2*1H. The van der Waals surface area contributed by atoms with Crippen molar-refractivity contribution in [3.05, 3.63) is 48.5 Å². The predicted octanol–water partition coefficient (Wildman–Crippen LogP) is 2.44. The third-order valence-electron chi connectivity index (χ3n) is 4.01. The minimum atomic E-state index is -0.00397. The van der Waals surface area contributed by atoms with Crippen LogP contribution >= 0.6 is 24.8 Å². The molecule has 0 spiro atoms. The van der Waals surface area contributed by atoms with Crippen LogP contribution in [0.15, 0.2) is 43.0 Å². The molecule has 3 rings (SSSR count). The summed E-state index contributed by atoms with van der Waals surface area (Å²) in [6.07, 6.45) is 6.30. The van der Waals surface area contributed by atoms with Gasteiger partial charge in [-0.15, -0.1) is 24.8 Å². The number of aromatic nitrogens is 2. The molecule has 0 radical (unpaired) electrons. The number of amides is 1. The number of piperidine rings is 1. The molecule has 126 valence electrons. The number of halogens is 2. The van der Waals surface area contributed by atoms with Crippen LogP contribution in [0.3, 0.4) is 0 Å². The van der Waals surface area contributed by atoms with Crippen molar-refractivity contribution in [1.29, 1.82) is 0 Å². The lowest BCUT2D eigenvalue weighted by Crippen LogP contribution is -2.48. The van der Waals surface area contributed by atoms with Gasteiger partial charge in [0.05, 0.1) is 6.33 Å². The highest BCUT2D eigenvalue weighted by atomic mass is 35.5. The van der Waals surface area contributed by atoms with E-state index in [0.29, 0.717) is 11.5 Å². The summed E-state index contributed by atoms with van der Waals surface area (Å²) < 4.78 is 1.89. The first-order valence-electron chi connectivity index (χ1n) is 7.34. The molecule has 1 aromatic carbocycles. The van der Waals surface area contributed by atoms with E-state index in [4.69, 9.17) is 0 Å². The van der Waals surface area contributed by atoms with E-state index in [9.17, 15) is 4.79 Å². The van der Waals surface area contributed by atoms with Crippen molar-refractivity contribution in [3.8, 4) is 5.69 Å². The van der Waals surface area contributed by atoms with Crippen molar-refractivity contribution in [3.63, 3.8) is 0 Å². The number of hydrogen-bond acceptors (Lipinski definition) is 3. The molecule has 1 amide bonds. The zero-order valence-electron chi connectivity index (χ0n) is 12.9. The van der Waals surface area contributed by atoms with Gasteiger partial charge in [-0.2, -0.15) is 0 Å². The van der Waals surface area contributed by atoms with Gasteiger partial charge in [0, 0.05) is 29.7 Å². The Bertz CT molecular complexity index is 618. The summed E-state index contributed by atoms with van der Waals surface area (Å²) in [6.45, 7) is 4.09. The fraction of sp³-hybridized carbons (Fsp3) is 0.375. The van der Waals surface area contributed by atoms with Crippen LogP contribution in [-0.2, 0) is 0 Å². The Morgan fingerprint density at radius 3 is 2.91 bits per heavy atom. The number of nitrogens with zero attached hydrogens (tertiary/aromatic N) is 2. The minimum Gasteiger partial charge on any atom is -0.349 e. The normalized spacial score (nSPS) is 20.0. The SMILES string of the molecule is CC1CNCCC1NC(=O)c1cccc(-n2ccnc2)c1.Cl.Cl. The number of imidazole rings is 1. The van der Waals surface area contributed by atoms with E-state index in [0.717, 1.165) is 25.2 Å². The number of carbonyl (C=O) groups excluding carboxylic acids is 1. The number of hydrogen-bond donors (Lipinski definition) is 2. The number of benzene rings is 1. The maximum Gasteiger partial charge on any atom is 0.251 e. The Morgan fingerprint density at radius 2 is 2.22 bits per heavy atom. The molecule has 2 heterocycles. The first-order chi connectivity index (χ1) is 10.2. The lowest BCUT2D eigenvalue weighted by molar-refractivity contribution is 0.0914. The van der Waals surface area contributed by atoms with E-state index in [-0.39, 0.29) is 36.8 Å². The van der Waals surface area contributed by atoms with Crippen molar-refractivity contribution in [1.82, 2.24) is 20.2 Å². The Kier molecular flexibility index (Phi) is 7.55. The first kappa shape index (κ1) is 19.5. The molecule has 1 aliphatic rings. The topological polar surface area (TPSA) is 58.9 Å². The molecule has 23 heavy (non-hydrogen) atoms. The van der Waals surface area contributed by atoms with Crippen molar-refractivity contribution in [2.24, 2.45) is 5.92 Å². The largest absolute Gasteiger partial charge is 0.349 e. The van der Waals surface area contributed by atoms with Crippen LogP contribution in [0, 0.1) is 5.92 Å². The fourth-order valence-corrected chi connectivity index (χ4v) is 2.70. The van der Waals surface area contributed by atoms with Crippen LogP contribution in [0.25, 0.3) is 5.69 Å². The van der Waals surface area contributed by atoms with Crippen molar-refractivity contribution >= 4 is 30.7 Å². The molecule has 7 heteroatoms. The quantitative estimate of drug-likeness (QED) is 0.887. The van der Waals surface area contributed by atoms with Gasteiger partial charge in [0.1, 0.15) is 0 Å². The third-order valence-corrected chi connectivity index (χ3v) is 4.01. The van der Waals surface area contributed by atoms with Gasteiger partial charge in [-0.25, -0.2) is 4.98 Å². The van der Waals surface area contributed by atoms with Crippen LogP contribution in [0.4, 0.5) is 0 Å². The summed E-state index contributed by atoms with van der Waals surface area (Å²) in [5, 5.41) is 6.50. The Morgan fingerprint density at radius 1 is 1.39 bits per heavy atom. The van der Waals surface area contributed by atoms with E-state index in [2.05, 4.69) is 22.5 Å². The number of nitrogens with one attached hydrogen (secondary N) is 2. The second-order valence-electron chi connectivity index (χ2n) is 5.57. The van der Waals surface area contributed by atoms with Crippen LogP contribution in [-0.4, -0.2) is 34.6 Å². The van der Waals surface area contributed by atoms with E-state index in [1.54, 1.807) is 12.5 Å². The summed E-state index contributed by atoms with van der Waals surface area (Å²) >= 11 is 0. The van der Waals surface area contributed by atoms with E-state index < -0.39 is 0 Å². The summed E-state index contributed by atoms with van der Waals surface area (Å²) in [7, 11) is 0. The van der Waals surface area contributed by atoms with E-state index in [1.165, 1.54) is 0 Å². The zero-order valence-corrected chi connectivity index (χ0v) is 14.6. The molecular formula is C16H22Cl2N4O. The molecule has 2 atom stereocenters. The van der Waals surface area contributed by atoms with E-state index in [1.807, 2.05) is 35.0 Å². The van der Waals surface area contributed by atoms with Gasteiger partial charge >= 0.3 is 0 Å². The summed E-state index contributed by atoms with van der Waals surface area (Å²) in [5.74, 6) is 0.454. The number of rotatable bonds is 3. The Labute approximate surface area is 148 Å². The van der Waals surface area contributed by atoms with Gasteiger partial charge in [0.25, 0.3) is 5.91 Å². The lowest BCUT2D eigenvalue weighted by atomic mass is 9.95. The average molecular weight is 357 g/mol. The Hall–Kier alpha value is -1.56. The Balaban J connectivity index is 0.00000132. The maximum absolute atomic E-state index is 12.4. The predicted molar refractivity (Wildman–Crippen MR) is 96.0 cm³/mol. The molecule has 2 aromatic rings. The van der Waals surface area contributed by atoms with Gasteiger partial charge in [-0.1, -0.05) is 13.0 Å². The van der Waals surface area contributed by atoms with Crippen LogP contribution in [0.2, 0.25) is 0 Å². The monoisotopic (exact) mass is 356 g/mol. The summed E-state index contributed by atoms with van der Waals surface area (Å²) in [5.41, 5.74) is 1.63. The molecule has 0 bridgehead atoms. The molecule has 1 aromatic heterocycles. The van der Waals surface area contributed by atoms with Crippen LogP contribution in [0.1, 0.15) is 23.7 Å². The molecule has 1 fully saturated rings. The van der Waals surface area contributed by atoms with Gasteiger partial charge in [0.15, 0.2) is 0 Å². The molecule has 1 aliphatic heterocycles. The van der Waals surface area contributed by atoms with Gasteiger partial charge < -0.3 is 15.2 Å². The molecule has 0 aliphatic carbocycles. The van der Waals surface area contributed by atoms with Crippen molar-refractivity contribution < 1.29 is 4.79 Å². The highest BCUT2D eigenvalue weighted by Crippen LogP contribution is 2.14. The first-order valence-corrected chi connectivity index (χ1v) is 7.34. The second kappa shape index (κ2) is 8.91. The molecular weight excluding hydrogens is 335 g/mol. The van der Waals surface area contributed by atoms with Crippen molar-refractivity contribution in [2.75, 3.05) is 13.1 Å². The van der Waals surface area contributed by atoms with Gasteiger partial charge in [-0.05, 0) is 43.6 Å². The summed E-state index contributed by atoms with van der Waals surface area (Å²) in [4.78, 5) is 16.5. The van der Waals surface area contributed by atoms with Gasteiger partial charge in [-0.3, -0.25) is 4.79 Å². The lowest BCUT2D eigenvalue weighted by Gasteiger charge is -2.30. The van der Waals surface area contributed by atoms with Gasteiger partial charge in [0.2, 0.25) is 0 Å². The third kappa shape index (κ3) is 4.70. The minimum absolute atomic E-state index is 0. The smallest absolute Gasteiger partial charge is 0.251 e. The molecule has 2 unspecified atom stereocenters. The zero-order chi connectivity index (χ0) is 14.7. The highest BCUT2D eigenvalue weighted by Gasteiger charge is 2.23. The molecule has 5 nitrogen and oxygen atoms in total. The highest BCUT2D eigenvalue weighted by molar-refractivity contribution is 5.95. The summed E-state index contributed by atoms with van der Waals surface area (Å²) in [6, 6.07) is 7.85. The fourth-order valence-electron chi connectivity index (χ4n) is 2.70. The molecule has 1 saturated heterocycles.